The van der Waals surface area contributed by atoms with Crippen LogP contribution in [0.25, 0.3) is 0 Å². The summed E-state index contributed by atoms with van der Waals surface area (Å²) in [6.45, 7) is 3.79. The molecule has 0 radical (unpaired) electrons. The first kappa shape index (κ1) is 20.1. The van der Waals surface area contributed by atoms with Gasteiger partial charge in [0.05, 0.1) is 5.29 Å². The number of rotatable bonds is 9. The van der Waals surface area contributed by atoms with E-state index >= 15 is 0 Å². The molecule has 0 aliphatic carbocycles. The van der Waals surface area contributed by atoms with Gasteiger partial charge in [0.2, 0.25) is 11.8 Å². The van der Waals surface area contributed by atoms with E-state index in [4.69, 9.17) is 0 Å². The number of carbonyl (C=O) groups is 2. The van der Waals surface area contributed by atoms with Gasteiger partial charge in [-0.25, -0.2) is 0 Å². The molecular formula is C20H24N4O3. The number of amides is 2. The first-order valence-electron chi connectivity index (χ1n) is 8.79. The fourth-order valence-electron chi connectivity index (χ4n) is 2.79. The molecule has 0 unspecified atom stereocenters. The van der Waals surface area contributed by atoms with Crippen molar-refractivity contribution in [2.75, 3.05) is 23.7 Å². The quantitative estimate of drug-likeness (QED) is 0.524. The third-order valence-electron chi connectivity index (χ3n) is 4.05. The second-order valence-electron chi connectivity index (χ2n) is 6.21. The molecule has 0 aromatic heterocycles. The number of para-hydroxylation sites is 2. The molecule has 7 nitrogen and oxygen atoms in total. The maximum absolute atomic E-state index is 11.3. The van der Waals surface area contributed by atoms with Crippen LogP contribution in [0.2, 0.25) is 0 Å². The summed E-state index contributed by atoms with van der Waals surface area (Å²) in [7, 11) is 0. The predicted octanol–water partition coefficient (Wildman–Crippen LogP) is 3.37. The summed E-state index contributed by atoms with van der Waals surface area (Å²) < 4.78 is 0. The number of carbonyl (C=O) groups excluding carboxylic acids is 2. The second kappa shape index (κ2) is 10.1. The van der Waals surface area contributed by atoms with Gasteiger partial charge in [0.15, 0.2) is 0 Å². The first-order valence-corrected chi connectivity index (χ1v) is 8.79. The molecule has 7 heteroatoms. The average molecular weight is 368 g/mol. The van der Waals surface area contributed by atoms with E-state index in [9.17, 15) is 14.5 Å². The minimum absolute atomic E-state index is 0.137. The molecule has 2 N–H and O–H groups in total. The van der Waals surface area contributed by atoms with Crippen LogP contribution in [0.15, 0.2) is 53.8 Å². The zero-order valence-corrected chi connectivity index (χ0v) is 15.6. The summed E-state index contributed by atoms with van der Waals surface area (Å²) in [6, 6.07) is 15.0. The molecule has 0 fully saturated rings. The van der Waals surface area contributed by atoms with Crippen LogP contribution in [0, 0.1) is 4.91 Å². The Kier molecular flexibility index (Phi) is 7.49. The van der Waals surface area contributed by atoms with Crippen LogP contribution in [0.3, 0.4) is 0 Å². The lowest BCUT2D eigenvalue weighted by Crippen LogP contribution is -2.23. The van der Waals surface area contributed by atoms with Crippen LogP contribution in [-0.2, 0) is 22.4 Å². The van der Waals surface area contributed by atoms with E-state index in [-0.39, 0.29) is 11.8 Å². The number of nitroso groups, excluding NO2 is 1. The summed E-state index contributed by atoms with van der Waals surface area (Å²) in [6.07, 6.45) is 1.16. The lowest BCUT2D eigenvalue weighted by atomic mass is 10.1. The van der Waals surface area contributed by atoms with E-state index in [0.29, 0.717) is 25.9 Å². The van der Waals surface area contributed by atoms with E-state index in [0.717, 1.165) is 22.5 Å². The molecule has 0 atom stereocenters. The van der Waals surface area contributed by atoms with Crippen molar-refractivity contribution in [2.24, 2.45) is 5.29 Å². The molecule has 0 bridgehead atoms. The van der Waals surface area contributed by atoms with Crippen LogP contribution in [-0.4, -0.2) is 29.9 Å². The number of anilines is 2. The number of nitrogens with one attached hydrogen (secondary N) is 2. The fraction of sp³-hybridized carbons (Fsp3) is 0.300. The van der Waals surface area contributed by atoms with Gasteiger partial charge in [0, 0.05) is 38.3 Å². The fourth-order valence-corrected chi connectivity index (χ4v) is 2.79. The monoisotopic (exact) mass is 368 g/mol. The highest BCUT2D eigenvalue weighted by atomic mass is 16.3. The third kappa shape index (κ3) is 6.54. The van der Waals surface area contributed by atoms with Crippen molar-refractivity contribution < 1.29 is 9.59 Å². The standard InChI is InChI=1S/C20H24N4O3/c1-15(25)21-19-9-5-3-7-17(19)11-13-24(23-27)14-12-18-8-4-6-10-20(18)22-16(2)26/h3-10H,11-14H2,1-2H3,(H,21,25)(H,22,26). The van der Waals surface area contributed by atoms with Gasteiger partial charge in [-0.2, -0.15) is 0 Å². The summed E-state index contributed by atoms with van der Waals surface area (Å²) >= 11 is 0. The summed E-state index contributed by atoms with van der Waals surface area (Å²) in [5.41, 5.74) is 3.37. The normalized spacial score (nSPS) is 10.1. The van der Waals surface area contributed by atoms with Gasteiger partial charge in [0.25, 0.3) is 0 Å². The van der Waals surface area contributed by atoms with Gasteiger partial charge in [-0.1, -0.05) is 36.4 Å². The van der Waals surface area contributed by atoms with Crippen molar-refractivity contribution in [3.8, 4) is 0 Å². The molecule has 0 saturated carbocycles. The van der Waals surface area contributed by atoms with E-state index in [1.807, 2.05) is 48.5 Å². The molecule has 0 heterocycles. The molecule has 2 aromatic rings. The lowest BCUT2D eigenvalue weighted by Gasteiger charge is -2.17. The van der Waals surface area contributed by atoms with Gasteiger partial charge >= 0.3 is 0 Å². The number of nitrogens with zero attached hydrogens (tertiary/aromatic N) is 2. The number of benzene rings is 2. The van der Waals surface area contributed by atoms with Gasteiger partial charge in [-0.3, -0.25) is 14.6 Å². The van der Waals surface area contributed by atoms with E-state index < -0.39 is 0 Å². The van der Waals surface area contributed by atoms with Crippen molar-refractivity contribution in [3.05, 3.63) is 64.6 Å². The van der Waals surface area contributed by atoms with Crippen LogP contribution in [0.4, 0.5) is 11.4 Å². The zero-order chi connectivity index (χ0) is 19.6. The van der Waals surface area contributed by atoms with E-state index in [2.05, 4.69) is 15.9 Å². The van der Waals surface area contributed by atoms with Gasteiger partial charge in [0.1, 0.15) is 0 Å². The van der Waals surface area contributed by atoms with E-state index in [1.165, 1.54) is 18.9 Å². The van der Waals surface area contributed by atoms with Crippen LogP contribution in [0.1, 0.15) is 25.0 Å². The SMILES string of the molecule is CC(=O)Nc1ccccc1CCN(CCc1ccccc1NC(C)=O)N=O. The Labute approximate surface area is 158 Å². The Hall–Kier alpha value is -3.22. The average Bonchev–Trinajstić information content (AvgIpc) is 2.63. The van der Waals surface area contributed by atoms with E-state index in [1.54, 1.807) is 0 Å². The molecule has 2 rings (SSSR count). The molecule has 0 spiro atoms. The molecule has 0 aliphatic heterocycles. The van der Waals surface area contributed by atoms with Crippen molar-refractivity contribution in [1.82, 2.24) is 5.01 Å². The molecule has 0 aliphatic rings. The maximum atomic E-state index is 11.3. The minimum Gasteiger partial charge on any atom is -0.326 e. The molecule has 2 amide bonds. The van der Waals surface area contributed by atoms with Crippen LogP contribution < -0.4 is 10.6 Å². The highest BCUT2D eigenvalue weighted by Gasteiger charge is 2.10. The number of hydrogen-bond donors (Lipinski definition) is 2. The Balaban J connectivity index is 1.97. The molecule has 142 valence electrons. The molecule has 27 heavy (non-hydrogen) atoms. The lowest BCUT2D eigenvalue weighted by molar-refractivity contribution is -0.115. The Morgan fingerprint density at radius 3 is 1.59 bits per heavy atom. The molecule has 2 aromatic carbocycles. The van der Waals surface area contributed by atoms with Crippen molar-refractivity contribution in [2.45, 2.75) is 26.7 Å². The van der Waals surface area contributed by atoms with Crippen molar-refractivity contribution in [3.63, 3.8) is 0 Å². The van der Waals surface area contributed by atoms with Crippen LogP contribution in [0.5, 0.6) is 0 Å². The largest absolute Gasteiger partial charge is 0.326 e. The Morgan fingerprint density at radius 2 is 1.22 bits per heavy atom. The van der Waals surface area contributed by atoms with Crippen LogP contribution >= 0.6 is 0 Å². The Morgan fingerprint density at radius 1 is 0.815 bits per heavy atom. The van der Waals surface area contributed by atoms with Gasteiger partial charge in [-0.15, -0.1) is 4.91 Å². The van der Waals surface area contributed by atoms with Gasteiger partial charge in [-0.05, 0) is 36.1 Å². The second-order valence-corrected chi connectivity index (χ2v) is 6.21. The highest BCUT2D eigenvalue weighted by molar-refractivity contribution is 5.90. The topological polar surface area (TPSA) is 90.9 Å². The highest BCUT2D eigenvalue weighted by Crippen LogP contribution is 2.18. The smallest absolute Gasteiger partial charge is 0.221 e. The molecular weight excluding hydrogens is 344 g/mol. The summed E-state index contributed by atoms with van der Waals surface area (Å²) in [5.74, 6) is -0.273. The number of hydrogen-bond acceptors (Lipinski definition) is 4. The third-order valence-corrected chi connectivity index (χ3v) is 4.05. The minimum atomic E-state index is -0.137. The summed E-state index contributed by atoms with van der Waals surface area (Å²) in [4.78, 5) is 33.8. The predicted molar refractivity (Wildman–Crippen MR) is 106 cm³/mol. The molecule has 0 saturated heterocycles. The summed E-state index contributed by atoms with van der Waals surface area (Å²) in [5, 5.41) is 10.1. The first-order chi connectivity index (χ1) is 13.0. The maximum Gasteiger partial charge on any atom is 0.221 e. The van der Waals surface area contributed by atoms with Gasteiger partial charge < -0.3 is 10.6 Å². The van der Waals surface area contributed by atoms with Crippen molar-refractivity contribution >= 4 is 23.2 Å². The van der Waals surface area contributed by atoms with Crippen molar-refractivity contribution in [1.29, 1.82) is 0 Å². The Bertz CT molecular complexity index is 744. The zero-order valence-electron chi connectivity index (χ0n) is 15.6.